The number of ether oxygens (including phenoxy) is 2. The first kappa shape index (κ1) is 15.8. The molecule has 1 aromatic heterocycles. The first-order valence-corrected chi connectivity index (χ1v) is 7.66. The van der Waals surface area contributed by atoms with Gasteiger partial charge in [-0.3, -0.25) is 0 Å². The Hall–Kier alpha value is -3.08. The molecular weight excluding hydrogens is 306 g/mol. The van der Waals surface area contributed by atoms with Gasteiger partial charge in [0, 0.05) is 5.56 Å². The second-order valence-electron chi connectivity index (χ2n) is 5.02. The van der Waals surface area contributed by atoms with Crippen molar-refractivity contribution in [3.05, 3.63) is 72.2 Å². The zero-order valence-corrected chi connectivity index (χ0v) is 13.3. The van der Waals surface area contributed by atoms with E-state index in [1.54, 1.807) is 30.5 Å². The molecular formula is C19H17NO4. The van der Waals surface area contributed by atoms with Gasteiger partial charge in [-0.25, -0.2) is 9.78 Å². The molecule has 1 heterocycles. The second-order valence-corrected chi connectivity index (χ2v) is 5.02. The lowest BCUT2D eigenvalue weighted by atomic mass is 10.2. The number of rotatable bonds is 6. The van der Waals surface area contributed by atoms with E-state index in [1.807, 2.05) is 37.3 Å². The Morgan fingerprint density at radius 3 is 2.54 bits per heavy atom. The molecule has 3 rings (SSSR count). The molecule has 5 heteroatoms. The van der Waals surface area contributed by atoms with Crippen LogP contribution in [0.1, 0.15) is 23.2 Å². The Balaban J connectivity index is 1.59. The number of oxazole rings is 1. The van der Waals surface area contributed by atoms with E-state index in [9.17, 15) is 4.79 Å². The highest BCUT2D eigenvalue weighted by atomic mass is 16.5. The number of carbonyl (C=O) groups is 1. The van der Waals surface area contributed by atoms with E-state index >= 15 is 0 Å². The lowest BCUT2D eigenvalue weighted by Gasteiger charge is -2.05. The number of nitrogens with zero attached hydrogens (tertiary/aromatic N) is 1. The van der Waals surface area contributed by atoms with Crippen LogP contribution in [-0.4, -0.2) is 17.6 Å². The second kappa shape index (κ2) is 7.46. The molecule has 0 N–H and O–H groups in total. The van der Waals surface area contributed by atoms with Crippen LogP contribution in [0.2, 0.25) is 0 Å². The summed E-state index contributed by atoms with van der Waals surface area (Å²) in [7, 11) is 0. The van der Waals surface area contributed by atoms with Gasteiger partial charge in [0.2, 0.25) is 5.89 Å². The number of aromatic nitrogens is 1. The smallest absolute Gasteiger partial charge is 0.338 e. The number of hydrogen-bond donors (Lipinski definition) is 0. The summed E-state index contributed by atoms with van der Waals surface area (Å²) >= 11 is 0. The standard InChI is InChI=1S/C19H17NO4/c1-2-22-16-10-8-15(9-11-16)19(21)23-13-18-20-12-17(24-18)14-6-4-3-5-7-14/h3-12H,2,13H2,1H3. The van der Waals surface area contributed by atoms with Gasteiger partial charge in [-0.15, -0.1) is 0 Å². The molecule has 0 radical (unpaired) electrons. The van der Waals surface area contributed by atoms with Gasteiger partial charge in [0.15, 0.2) is 12.4 Å². The highest BCUT2D eigenvalue weighted by Crippen LogP contribution is 2.20. The van der Waals surface area contributed by atoms with Crippen LogP contribution in [0.3, 0.4) is 0 Å². The van der Waals surface area contributed by atoms with E-state index in [0.29, 0.717) is 29.6 Å². The van der Waals surface area contributed by atoms with Crippen LogP contribution in [0.25, 0.3) is 11.3 Å². The largest absolute Gasteiger partial charge is 0.494 e. The molecule has 0 bridgehead atoms. The van der Waals surface area contributed by atoms with Crippen molar-refractivity contribution in [2.75, 3.05) is 6.61 Å². The molecule has 0 aliphatic heterocycles. The Morgan fingerprint density at radius 2 is 1.83 bits per heavy atom. The van der Waals surface area contributed by atoms with Crippen LogP contribution in [0.15, 0.2) is 65.2 Å². The van der Waals surface area contributed by atoms with Crippen molar-refractivity contribution in [3.8, 4) is 17.1 Å². The van der Waals surface area contributed by atoms with Crippen molar-refractivity contribution in [2.24, 2.45) is 0 Å². The quantitative estimate of drug-likeness (QED) is 0.639. The molecule has 2 aromatic carbocycles. The zero-order valence-electron chi connectivity index (χ0n) is 13.3. The average molecular weight is 323 g/mol. The van der Waals surface area contributed by atoms with Crippen molar-refractivity contribution in [2.45, 2.75) is 13.5 Å². The van der Waals surface area contributed by atoms with Crippen molar-refractivity contribution >= 4 is 5.97 Å². The number of carbonyl (C=O) groups excluding carboxylic acids is 1. The molecule has 0 amide bonds. The molecule has 3 aromatic rings. The SMILES string of the molecule is CCOc1ccc(C(=O)OCc2ncc(-c3ccccc3)o2)cc1. The first-order valence-electron chi connectivity index (χ1n) is 7.66. The summed E-state index contributed by atoms with van der Waals surface area (Å²) in [6.07, 6.45) is 1.62. The fraction of sp³-hybridized carbons (Fsp3) is 0.158. The molecule has 0 atom stereocenters. The van der Waals surface area contributed by atoms with Gasteiger partial charge < -0.3 is 13.9 Å². The van der Waals surface area contributed by atoms with Gasteiger partial charge in [-0.1, -0.05) is 30.3 Å². The van der Waals surface area contributed by atoms with E-state index < -0.39 is 5.97 Å². The van der Waals surface area contributed by atoms with Crippen LogP contribution in [0, 0.1) is 0 Å². The molecule has 0 spiro atoms. The number of benzene rings is 2. The molecule has 24 heavy (non-hydrogen) atoms. The topological polar surface area (TPSA) is 61.6 Å². The zero-order chi connectivity index (χ0) is 16.8. The number of hydrogen-bond acceptors (Lipinski definition) is 5. The molecule has 0 aliphatic carbocycles. The fourth-order valence-electron chi connectivity index (χ4n) is 2.18. The molecule has 0 saturated carbocycles. The van der Waals surface area contributed by atoms with Crippen molar-refractivity contribution in [1.82, 2.24) is 4.98 Å². The van der Waals surface area contributed by atoms with E-state index in [-0.39, 0.29) is 6.61 Å². The summed E-state index contributed by atoms with van der Waals surface area (Å²) in [5, 5.41) is 0. The van der Waals surface area contributed by atoms with E-state index in [2.05, 4.69) is 4.98 Å². The minimum absolute atomic E-state index is 0.0150. The Kier molecular flexibility index (Phi) is 4.91. The van der Waals surface area contributed by atoms with Gasteiger partial charge in [0.05, 0.1) is 18.4 Å². The van der Waals surface area contributed by atoms with Crippen molar-refractivity contribution in [1.29, 1.82) is 0 Å². The van der Waals surface area contributed by atoms with Crippen molar-refractivity contribution in [3.63, 3.8) is 0 Å². The van der Waals surface area contributed by atoms with Crippen LogP contribution >= 0.6 is 0 Å². The monoisotopic (exact) mass is 323 g/mol. The van der Waals surface area contributed by atoms with Crippen LogP contribution in [0.5, 0.6) is 5.75 Å². The third-order valence-electron chi connectivity index (χ3n) is 3.34. The Bertz CT molecular complexity index is 794. The molecule has 122 valence electrons. The van der Waals surface area contributed by atoms with Gasteiger partial charge in [0.1, 0.15) is 5.75 Å². The van der Waals surface area contributed by atoms with E-state index in [0.717, 1.165) is 5.56 Å². The third-order valence-corrected chi connectivity index (χ3v) is 3.34. The number of esters is 1. The van der Waals surface area contributed by atoms with E-state index in [1.165, 1.54) is 0 Å². The summed E-state index contributed by atoms with van der Waals surface area (Å²) in [5.74, 6) is 1.28. The van der Waals surface area contributed by atoms with Gasteiger partial charge >= 0.3 is 5.97 Å². The third kappa shape index (κ3) is 3.81. The summed E-state index contributed by atoms with van der Waals surface area (Å²) < 4.78 is 16.2. The van der Waals surface area contributed by atoms with Crippen LogP contribution in [0.4, 0.5) is 0 Å². The maximum atomic E-state index is 12.0. The predicted molar refractivity (Wildman–Crippen MR) is 88.7 cm³/mol. The summed E-state index contributed by atoms with van der Waals surface area (Å²) in [6.45, 7) is 2.47. The predicted octanol–water partition coefficient (Wildman–Crippen LogP) is 4.10. The molecule has 5 nitrogen and oxygen atoms in total. The maximum absolute atomic E-state index is 12.0. The van der Waals surface area contributed by atoms with Crippen LogP contribution < -0.4 is 4.74 Å². The molecule has 0 fully saturated rings. The highest BCUT2D eigenvalue weighted by molar-refractivity contribution is 5.89. The lowest BCUT2D eigenvalue weighted by molar-refractivity contribution is 0.0439. The van der Waals surface area contributed by atoms with Gasteiger partial charge in [-0.05, 0) is 31.2 Å². The van der Waals surface area contributed by atoms with E-state index in [4.69, 9.17) is 13.9 Å². The Morgan fingerprint density at radius 1 is 1.08 bits per heavy atom. The molecule has 0 aliphatic rings. The maximum Gasteiger partial charge on any atom is 0.338 e. The first-order chi connectivity index (χ1) is 11.8. The van der Waals surface area contributed by atoms with Gasteiger partial charge in [0.25, 0.3) is 0 Å². The Labute approximate surface area is 139 Å². The minimum Gasteiger partial charge on any atom is -0.494 e. The van der Waals surface area contributed by atoms with Crippen molar-refractivity contribution < 1.29 is 18.7 Å². The van der Waals surface area contributed by atoms with Gasteiger partial charge in [-0.2, -0.15) is 0 Å². The normalized spacial score (nSPS) is 10.4. The molecule has 0 saturated heterocycles. The minimum atomic E-state index is -0.433. The van der Waals surface area contributed by atoms with Crippen LogP contribution in [-0.2, 0) is 11.3 Å². The summed E-state index contributed by atoms with van der Waals surface area (Å²) in [6, 6.07) is 16.4. The summed E-state index contributed by atoms with van der Waals surface area (Å²) in [4.78, 5) is 16.2. The lowest BCUT2D eigenvalue weighted by Crippen LogP contribution is -2.05. The fourth-order valence-corrected chi connectivity index (χ4v) is 2.18. The highest BCUT2D eigenvalue weighted by Gasteiger charge is 2.11. The summed E-state index contributed by atoms with van der Waals surface area (Å²) in [5.41, 5.74) is 1.38. The molecule has 0 unspecified atom stereocenters. The average Bonchev–Trinajstić information content (AvgIpc) is 3.10.